The number of carbonyl (C=O) groups is 1. The molecule has 5 nitrogen and oxygen atoms in total. The van der Waals surface area contributed by atoms with Gasteiger partial charge in [0.15, 0.2) is 0 Å². The van der Waals surface area contributed by atoms with Crippen molar-refractivity contribution in [2.75, 3.05) is 18.4 Å². The summed E-state index contributed by atoms with van der Waals surface area (Å²) in [7, 11) is -3.78. The van der Waals surface area contributed by atoms with Gasteiger partial charge in [-0.3, -0.25) is 4.79 Å². The fraction of sp³-hybridized carbons (Fsp3) is 0.208. The molecule has 0 saturated carbocycles. The highest BCUT2D eigenvalue weighted by molar-refractivity contribution is 7.99. The number of aryl methyl sites for hydroxylation is 2. The number of nitrogens with zero attached hydrogens (tertiary/aromatic N) is 1. The van der Waals surface area contributed by atoms with E-state index in [-0.39, 0.29) is 23.9 Å². The molecule has 0 bridgehead atoms. The number of likely N-dealkylation sites (N-methyl/N-ethyl adjacent to an activating group) is 1. The monoisotopic (exact) mass is 454 g/mol. The zero-order valence-corrected chi connectivity index (χ0v) is 19.5. The van der Waals surface area contributed by atoms with Crippen LogP contribution < -0.4 is 5.32 Å². The molecule has 0 aliphatic heterocycles. The van der Waals surface area contributed by atoms with Crippen LogP contribution in [0.4, 0.5) is 5.69 Å². The minimum atomic E-state index is -3.78. The molecule has 31 heavy (non-hydrogen) atoms. The number of para-hydroxylation sites is 1. The van der Waals surface area contributed by atoms with Crippen LogP contribution in [-0.2, 0) is 14.8 Å². The van der Waals surface area contributed by atoms with E-state index in [1.807, 2.05) is 67.6 Å². The topological polar surface area (TPSA) is 66.5 Å². The van der Waals surface area contributed by atoms with E-state index >= 15 is 0 Å². The highest BCUT2D eigenvalue weighted by atomic mass is 32.2. The highest BCUT2D eigenvalue weighted by Crippen LogP contribution is 2.33. The van der Waals surface area contributed by atoms with Crippen molar-refractivity contribution in [2.45, 2.75) is 35.5 Å². The fourth-order valence-corrected chi connectivity index (χ4v) is 5.75. The number of benzene rings is 3. The van der Waals surface area contributed by atoms with Gasteiger partial charge in [0.1, 0.15) is 0 Å². The molecule has 0 radical (unpaired) electrons. The summed E-state index contributed by atoms with van der Waals surface area (Å²) < 4.78 is 27.6. The lowest BCUT2D eigenvalue weighted by Crippen LogP contribution is -2.38. The van der Waals surface area contributed by atoms with Crippen LogP contribution in [0.3, 0.4) is 0 Å². The normalized spacial score (nSPS) is 11.5. The third-order valence-corrected chi connectivity index (χ3v) is 7.91. The summed E-state index contributed by atoms with van der Waals surface area (Å²) in [5, 5.41) is 2.88. The summed E-state index contributed by atoms with van der Waals surface area (Å²) in [6, 6.07) is 22.7. The zero-order chi connectivity index (χ0) is 22.4. The number of rotatable bonds is 8. The Morgan fingerprint density at radius 1 is 0.968 bits per heavy atom. The average Bonchev–Trinajstić information content (AvgIpc) is 2.75. The number of hydrogen-bond acceptors (Lipinski definition) is 4. The quantitative estimate of drug-likeness (QED) is 0.514. The van der Waals surface area contributed by atoms with Crippen molar-refractivity contribution in [1.29, 1.82) is 0 Å². The van der Waals surface area contributed by atoms with Gasteiger partial charge < -0.3 is 5.32 Å². The van der Waals surface area contributed by atoms with Gasteiger partial charge in [-0.15, -0.1) is 0 Å². The Morgan fingerprint density at radius 3 is 2.35 bits per heavy atom. The van der Waals surface area contributed by atoms with Gasteiger partial charge in [0.2, 0.25) is 15.9 Å². The van der Waals surface area contributed by atoms with Gasteiger partial charge in [-0.25, -0.2) is 8.42 Å². The minimum Gasteiger partial charge on any atom is -0.324 e. The molecule has 1 amide bonds. The van der Waals surface area contributed by atoms with Gasteiger partial charge in [-0.2, -0.15) is 4.31 Å². The van der Waals surface area contributed by atoms with E-state index < -0.39 is 10.0 Å². The predicted molar refractivity (Wildman–Crippen MR) is 126 cm³/mol. The Hall–Kier alpha value is -2.61. The molecule has 3 rings (SSSR count). The number of anilines is 1. The summed E-state index contributed by atoms with van der Waals surface area (Å²) in [5.41, 5.74) is 2.17. The standard InChI is InChI=1S/C24H26N2O3S2/c1-4-26(31(28,29)23-16-18(2)14-15-19(23)3)17-24(27)25-21-12-8-9-13-22(21)30-20-10-6-5-7-11-20/h5-16H,4,17H2,1-3H3,(H,25,27). The lowest BCUT2D eigenvalue weighted by molar-refractivity contribution is -0.116. The fourth-order valence-electron chi connectivity index (χ4n) is 3.12. The largest absolute Gasteiger partial charge is 0.324 e. The molecule has 0 unspecified atom stereocenters. The van der Waals surface area contributed by atoms with Crippen LogP contribution in [0.25, 0.3) is 0 Å². The van der Waals surface area contributed by atoms with Crippen LogP contribution in [0, 0.1) is 13.8 Å². The van der Waals surface area contributed by atoms with Crippen LogP contribution in [0.1, 0.15) is 18.1 Å². The molecule has 0 fully saturated rings. The molecule has 0 saturated heterocycles. The first-order valence-corrected chi connectivity index (χ1v) is 12.3. The molecule has 0 spiro atoms. The number of carbonyl (C=O) groups excluding carboxylic acids is 1. The first-order chi connectivity index (χ1) is 14.8. The van der Waals surface area contributed by atoms with Crippen LogP contribution in [-0.4, -0.2) is 31.7 Å². The first kappa shape index (κ1) is 23.1. The van der Waals surface area contributed by atoms with Crippen molar-refractivity contribution in [1.82, 2.24) is 4.31 Å². The van der Waals surface area contributed by atoms with E-state index in [4.69, 9.17) is 0 Å². The molecular weight excluding hydrogens is 428 g/mol. The molecule has 0 aliphatic carbocycles. The molecule has 3 aromatic carbocycles. The Morgan fingerprint density at radius 2 is 1.65 bits per heavy atom. The third-order valence-electron chi connectivity index (χ3n) is 4.77. The minimum absolute atomic E-state index is 0.198. The van der Waals surface area contributed by atoms with E-state index in [0.717, 1.165) is 15.4 Å². The van der Waals surface area contributed by atoms with Crippen LogP contribution in [0.15, 0.2) is 87.5 Å². The number of amides is 1. The van der Waals surface area contributed by atoms with Gasteiger partial charge in [-0.1, -0.05) is 61.2 Å². The second kappa shape index (κ2) is 10.1. The van der Waals surface area contributed by atoms with Crippen molar-refractivity contribution in [2.24, 2.45) is 0 Å². The lowest BCUT2D eigenvalue weighted by atomic mass is 10.2. The highest BCUT2D eigenvalue weighted by Gasteiger charge is 2.27. The molecule has 0 aliphatic rings. The van der Waals surface area contributed by atoms with Crippen molar-refractivity contribution >= 4 is 33.4 Å². The maximum atomic E-state index is 13.2. The maximum Gasteiger partial charge on any atom is 0.243 e. The maximum absolute atomic E-state index is 13.2. The lowest BCUT2D eigenvalue weighted by Gasteiger charge is -2.22. The molecule has 0 aromatic heterocycles. The second-order valence-corrected chi connectivity index (χ2v) is 10.2. The number of hydrogen-bond donors (Lipinski definition) is 1. The van der Waals surface area contributed by atoms with Gasteiger partial charge in [0.25, 0.3) is 0 Å². The van der Waals surface area contributed by atoms with Gasteiger partial charge in [0.05, 0.1) is 17.1 Å². The molecule has 3 aromatic rings. The van der Waals surface area contributed by atoms with Crippen LogP contribution in [0.2, 0.25) is 0 Å². The predicted octanol–water partition coefficient (Wildman–Crippen LogP) is 5.10. The zero-order valence-electron chi connectivity index (χ0n) is 17.8. The SMILES string of the molecule is CCN(CC(=O)Nc1ccccc1Sc1ccccc1)S(=O)(=O)c1cc(C)ccc1C. The van der Waals surface area contributed by atoms with Gasteiger partial charge in [-0.05, 0) is 55.3 Å². The van der Waals surface area contributed by atoms with Crippen molar-refractivity contribution in [3.8, 4) is 0 Å². The molecule has 1 N–H and O–H groups in total. The third kappa shape index (κ3) is 5.76. The number of sulfonamides is 1. The molecule has 162 valence electrons. The Bertz CT molecular complexity index is 1160. The Labute approximate surface area is 188 Å². The molecule has 0 atom stereocenters. The van der Waals surface area contributed by atoms with Crippen molar-refractivity contribution in [3.05, 3.63) is 83.9 Å². The van der Waals surface area contributed by atoms with Crippen molar-refractivity contribution < 1.29 is 13.2 Å². The molecular formula is C24H26N2O3S2. The van der Waals surface area contributed by atoms with Crippen LogP contribution in [0.5, 0.6) is 0 Å². The van der Waals surface area contributed by atoms with Crippen LogP contribution >= 0.6 is 11.8 Å². The van der Waals surface area contributed by atoms with E-state index in [9.17, 15) is 13.2 Å². The van der Waals surface area contributed by atoms with Crippen molar-refractivity contribution in [3.63, 3.8) is 0 Å². The van der Waals surface area contributed by atoms with E-state index in [2.05, 4.69) is 5.32 Å². The smallest absolute Gasteiger partial charge is 0.243 e. The summed E-state index contributed by atoms with van der Waals surface area (Å²) in [4.78, 5) is 15.0. The summed E-state index contributed by atoms with van der Waals surface area (Å²) in [6.07, 6.45) is 0. The van der Waals surface area contributed by atoms with E-state index in [1.54, 1.807) is 37.7 Å². The Balaban J connectivity index is 1.77. The van der Waals surface area contributed by atoms with Gasteiger partial charge in [0, 0.05) is 16.3 Å². The Kier molecular flexibility index (Phi) is 7.54. The summed E-state index contributed by atoms with van der Waals surface area (Å²) >= 11 is 1.54. The molecule has 7 heteroatoms. The first-order valence-electron chi connectivity index (χ1n) is 10.0. The van der Waals surface area contributed by atoms with Gasteiger partial charge >= 0.3 is 0 Å². The summed E-state index contributed by atoms with van der Waals surface area (Å²) in [6.45, 7) is 5.29. The second-order valence-electron chi connectivity index (χ2n) is 7.16. The number of nitrogens with one attached hydrogen (secondary N) is 1. The molecule has 0 heterocycles. The summed E-state index contributed by atoms with van der Waals surface area (Å²) in [5.74, 6) is -0.378. The van der Waals surface area contributed by atoms with E-state index in [1.165, 1.54) is 4.31 Å². The average molecular weight is 455 g/mol. The van der Waals surface area contributed by atoms with E-state index in [0.29, 0.717) is 11.3 Å².